The van der Waals surface area contributed by atoms with Gasteiger partial charge in [-0.1, -0.05) is 43.0 Å². The van der Waals surface area contributed by atoms with Crippen LogP contribution in [-0.4, -0.2) is 46.6 Å². The molecule has 2 N–H and O–H groups in total. The molecule has 5 heteroatoms. The number of amides is 1. The number of nitrogens with zero attached hydrogens (tertiary/aromatic N) is 1. The number of aliphatic hydroxyl groups is 1. The molecule has 2 atom stereocenters. The predicted molar refractivity (Wildman–Crippen MR) is 96.3 cm³/mol. The smallest absolute Gasteiger partial charge is 0.264 e. The molecule has 3 rings (SSSR count). The van der Waals surface area contributed by atoms with Crippen LogP contribution in [0.3, 0.4) is 0 Å². The van der Waals surface area contributed by atoms with Crippen molar-refractivity contribution in [2.75, 3.05) is 6.54 Å². The number of benzene rings is 1. The molecule has 136 valence electrons. The van der Waals surface area contributed by atoms with Crippen LogP contribution in [0.2, 0.25) is 0 Å². The number of hydrogen-bond acceptors (Lipinski definition) is 4. The van der Waals surface area contributed by atoms with Gasteiger partial charge in [0.25, 0.3) is 5.91 Å². The number of likely N-dealkylation sites (tertiary alicyclic amines) is 1. The minimum atomic E-state index is -1.25. The number of aliphatic hydroxyl groups excluding tert-OH is 1. The standard InChI is InChI=1S/C20H28N2O3/c1-14-7-5-8-15(13-14)18(23)17-11-6-12-22(17)20(25)19(24)21-16-9-3-2-4-10-16/h5,7-8,13,16-17,20,25H,2-4,6,9-12H2,1H3,(H,21,24). The second-order valence-corrected chi connectivity index (χ2v) is 7.35. The Morgan fingerprint density at radius 3 is 2.64 bits per heavy atom. The summed E-state index contributed by atoms with van der Waals surface area (Å²) >= 11 is 0. The van der Waals surface area contributed by atoms with Crippen molar-refractivity contribution in [2.24, 2.45) is 0 Å². The summed E-state index contributed by atoms with van der Waals surface area (Å²) in [6.45, 7) is 2.52. The Labute approximate surface area is 149 Å². The van der Waals surface area contributed by atoms with E-state index in [9.17, 15) is 14.7 Å². The van der Waals surface area contributed by atoms with Crippen molar-refractivity contribution in [1.82, 2.24) is 10.2 Å². The lowest BCUT2D eigenvalue weighted by atomic mass is 9.95. The quantitative estimate of drug-likeness (QED) is 0.805. The molecule has 0 aromatic heterocycles. The number of carbonyl (C=O) groups is 2. The lowest BCUT2D eigenvalue weighted by Crippen LogP contribution is -2.53. The Morgan fingerprint density at radius 2 is 1.92 bits per heavy atom. The summed E-state index contributed by atoms with van der Waals surface area (Å²) in [5.41, 5.74) is 1.68. The van der Waals surface area contributed by atoms with Crippen molar-refractivity contribution < 1.29 is 14.7 Å². The van der Waals surface area contributed by atoms with Crippen molar-refractivity contribution in [2.45, 2.75) is 70.2 Å². The molecule has 1 aromatic carbocycles. The fraction of sp³-hybridized carbons (Fsp3) is 0.600. The maximum atomic E-state index is 12.8. The van der Waals surface area contributed by atoms with Crippen LogP contribution in [0.1, 0.15) is 60.9 Å². The number of aryl methyl sites for hydroxylation is 1. The second-order valence-electron chi connectivity index (χ2n) is 7.35. The maximum absolute atomic E-state index is 12.8. The normalized spacial score (nSPS) is 23.4. The molecular formula is C20H28N2O3. The van der Waals surface area contributed by atoms with Gasteiger partial charge < -0.3 is 10.4 Å². The van der Waals surface area contributed by atoms with Crippen molar-refractivity contribution >= 4 is 11.7 Å². The summed E-state index contributed by atoms with van der Waals surface area (Å²) in [6, 6.07) is 7.23. The Kier molecular flexibility index (Phi) is 5.86. The van der Waals surface area contributed by atoms with E-state index in [-0.39, 0.29) is 17.7 Å². The van der Waals surface area contributed by atoms with Crippen LogP contribution in [0.25, 0.3) is 0 Å². The van der Waals surface area contributed by atoms with E-state index in [1.165, 1.54) is 6.42 Å². The Hall–Kier alpha value is -1.72. The van der Waals surface area contributed by atoms with Crippen LogP contribution in [0.4, 0.5) is 0 Å². The average Bonchev–Trinajstić information content (AvgIpc) is 3.11. The minimum absolute atomic E-state index is 0.00860. The summed E-state index contributed by atoms with van der Waals surface area (Å²) in [5.74, 6) is -0.374. The second kappa shape index (κ2) is 8.11. The average molecular weight is 344 g/mol. The molecule has 2 aliphatic rings. The number of carbonyl (C=O) groups excluding carboxylic acids is 2. The Balaban J connectivity index is 1.65. The van der Waals surface area contributed by atoms with Crippen molar-refractivity contribution in [3.63, 3.8) is 0 Å². The van der Waals surface area contributed by atoms with Gasteiger partial charge in [0.05, 0.1) is 6.04 Å². The fourth-order valence-electron chi connectivity index (χ4n) is 4.03. The lowest BCUT2D eigenvalue weighted by Gasteiger charge is -2.30. The monoisotopic (exact) mass is 344 g/mol. The van der Waals surface area contributed by atoms with Crippen LogP contribution in [0, 0.1) is 6.92 Å². The highest BCUT2D eigenvalue weighted by Gasteiger charge is 2.38. The Morgan fingerprint density at radius 1 is 1.16 bits per heavy atom. The van der Waals surface area contributed by atoms with Gasteiger partial charge in [0, 0.05) is 18.2 Å². The van der Waals surface area contributed by atoms with Gasteiger partial charge in [0.2, 0.25) is 0 Å². The molecule has 0 spiro atoms. The lowest BCUT2D eigenvalue weighted by molar-refractivity contribution is -0.140. The summed E-state index contributed by atoms with van der Waals surface area (Å²) < 4.78 is 0. The van der Waals surface area contributed by atoms with Gasteiger partial charge in [-0.3, -0.25) is 14.5 Å². The van der Waals surface area contributed by atoms with Crippen LogP contribution >= 0.6 is 0 Å². The van der Waals surface area contributed by atoms with Gasteiger partial charge in [0.1, 0.15) is 0 Å². The number of nitrogens with one attached hydrogen (secondary N) is 1. The van der Waals surface area contributed by atoms with E-state index in [1.807, 2.05) is 25.1 Å². The maximum Gasteiger partial charge on any atom is 0.264 e. The van der Waals surface area contributed by atoms with Gasteiger partial charge in [0.15, 0.2) is 12.0 Å². The molecule has 1 aliphatic carbocycles. The number of ketones is 1. The van der Waals surface area contributed by atoms with E-state index in [1.54, 1.807) is 11.0 Å². The van der Waals surface area contributed by atoms with E-state index < -0.39 is 12.3 Å². The highest BCUT2D eigenvalue weighted by Crippen LogP contribution is 2.24. The molecule has 2 unspecified atom stereocenters. The van der Waals surface area contributed by atoms with Gasteiger partial charge in [-0.05, 0) is 38.7 Å². The first-order valence-electron chi connectivity index (χ1n) is 9.41. The first-order chi connectivity index (χ1) is 12.1. The molecule has 1 aliphatic heterocycles. The zero-order valence-electron chi connectivity index (χ0n) is 14.9. The zero-order valence-corrected chi connectivity index (χ0v) is 14.9. The molecule has 1 aromatic rings. The largest absolute Gasteiger partial charge is 0.370 e. The number of Topliss-reactive ketones (excluding diaryl/α,β-unsaturated/α-hetero) is 1. The van der Waals surface area contributed by atoms with Gasteiger partial charge in [-0.25, -0.2) is 0 Å². The number of hydrogen-bond donors (Lipinski definition) is 2. The van der Waals surface area contributed by atoms with Crippen molar-refractivity contribution in [1.29, 1.82) is 0 Å². The highest BCUT2D eigenvalue weighted by atomic mass is 16.3. The summed E-state index contributed by atoms with van der Waals surface area (Å²) in [5, 5.41) is 13.5. The molecule has 25 heavy (non-hydrogen) atoms. The minimum Gasteiger partial charge on any atom is -0.370 e. The molecule has 0 radical (unpaired) electrons. The van der Waals surface area contributed by atoms with Gasteiger partial charge >= 0.3 is 0 Å². The summed E-state index contributed by atoms with van der Waals surface area (Å²) in [7, 11) is 0. The fourth-order valence-corrected chi connectivity index (χ4v) is 4.03. The third kappa shape index (κ3) is 4.28. The number of rotatable bonds is 5. The predicted octanol–water partition coefficient (Wildman–Crippen LogP) is 2.41. The van der Waals surface area contributed by atoms with E-state index in [4.69, 9.17) is 0 Å². The molecule has 1 saturated heterocycles. The molecular weight excluding hydrogens is 316 g/mol. The Bertz CT molecular complexity index is 625. The first-order valence-corrected chi connectivity index (χ1v) is 9.41. The van der Waals surface area contributed by atoms with Gasteiger partial charge in [-0.15, -0.1) is 0 Å². The first kappa shape index (κ1) is 18.1. The summed E-state index contributed by atoms with van der Waals surface area (Å²) in [4.78, 5) is 26.9. The molecule has 2 fully saturated rings. The molecule has 1 heterocycles. The SMILES string of the molecule is Cc1cccc(C(=O)C2CCCN2C(O)C(=O)NC2CCCCC2)c1. The van der Waals surface area contributed by atoms with E-state index >= 15 is 0 Å². The van der Waals surface area contributed by atoms with E-state index in [2.05, 4.69) is 5.32 Å². The van der Waals surface area contributed by atoms with Crippen LogP contribution < -0.4 is 5.32 Å². The molecule has 1 amide bonds. The van der Waals surface area contributed by atoms with Crippen molar-refractivity contribution in [3.05, 3.63) is 35.4 Å². The van der Waals surface area contributed by atoms with Crippen LogP contribution in [-0.2, 0) is 4.79 Å². The molecule has 1 saturated carbocycles. The topological polar surface area (TPSA) is 69.6 Å². The van der Waals surface area contributed by atoms with Gasteiger partial charge in [-0.2, -0.15) is 0 Å². The zero-order chi connectivity index (χ0) is 17.8. The van der Waals surface area contributed by atoms with E-state index in [0.717, 1.165) is 37.7 Å². The highest BCUT2D eigenvalue weighted by molar-refractivity contribution is 6.00. The third-order valence-electron chi connectivity index (χ3n) is 5.40. The third-order valence-corrected chi connectivity index (χ3v) is 5.40. The molecule has 5 nitrogen and oxygen atoms in total. The van der Waals surface area contributed by atoms with Crippen LogP contribution in [0.5, 0.6) is 0 Å². The van der Waals surface area contributed by atoms with Crippen LogP contribution in [0.15, 0.2) is 24.3 Å². The van der Waals surface area contributed by atoms with E-state index in [0.29, 0.717) is 18.5 Å². The van der Waals surface area contributed by atoms with Crippen molar-refractivity contribution in [3.8, 4) is 0 Å². The summed E-state index contributed by atoms with van der Waals surface area (Å²) in [6.07, 6.45) is 5.67. The molecule has 0 bridgehead atoms.